The third kappa shape index (κ3) is 3.09. The number of nitrogens with zero attached hydrogens (tertiary/aromatic N) is 4. The van der Waals surface area contributed by atoms with Crippen LogP contribution < -0.4 is 21.3 Å². The quantitative estimate of drug-likeness (QED) is 0.599. The van der Waals surface area contributed by atoms with Crippen molar-refractivity contribution in [3.05, 3.63) is 54.9 Å². The number of aromatic nitrogens is 4. The maximum absolute atomic E-state index is 12.1. The lowest BCUT2D eigenvalue weighted by atomic mass is 10.2. The molecule has 24 heavy (non-hydrogen) atoms. The predicted molar refractivity (Wildman–Crippen MR) is 87.6 cm³/mol. The Hall–Kier alpha value is -3.62. The highest BCUT2D eigenvalue weighted by molar-refractivity contribution is 5.95. The normalized spacial score (nSPS) is 10.2. The van der Waals surface area contributed by atoms with E-state index in [0.717, 1.165) is 0 Å². The van der Waals surface area contributed by atoms with Crippen LogP contribution in [-0.2, 0) is 0 Å². The summed E-state index contributed by atoms with van der Waals surface area (Å²) in [6.45, 7) is 0. The zero-order valence-electron chi connectivity index (χ0n) is 12.8. The van der Waals surface area contributed by atoms with E-state index in [4.69, 9.17) is 10.5 Å². The second kappa shape index (κ2) is 6.65. The number of amides is 1. The van der Waals surface area contributed by atoms with Crippen molar-refractivity contribution in [3.8, 4) is 11.6 Å². The Morgan fingerprint density at radius 1 is 1.25 bits per heavy atom. The molecule has 9 nitrogen and oxygen atoms in total. The van der Waals surface area contributed by atoms with E-state index in [1.54, 1.807) is 54.7 Å². The van der Waals surface area contributed by atoms with Gasteiger partial charge in [0.25, 0.3) is 5.91 Å². The molecule has 2 heterocycles. The van der Waals surface area contributed by atoms with Crippen molar-refractivity contribution in [1.29, 1.82) is 0 Å². The summed E-state index contributed by atoms with van der Waals surface area (Å²) in [7, 11) is 1.56. The van der Waals surface area contributed by atoms with Crippen LogP contribution in [0.5, 0.6) is 5.75 Å². The lowest BCUT2D eigenvalue weighted by Gasteiger charge is -2.12. The van der Waals surface area contributed by atoms with Gasteiger partial charge in [0.15, 0.2) is 11.6 Å². The van der Waals surface area contributed by atoms with Crippen LogP contribution in [0.4, 0.5) is 11.5 Å². The Labute approximate surface area is 137 Å². The molecule has 0 bridgehead atoms. The SMILES string of the molecule is COc1ccc(C(=O)NNc2ncnc(-n3ccnc3)c2N)cc1. The van der Waals surface area contributed by atoms with Gasteiger partial charge in [-0.25, -0.2) is 15.0 Å². The molecule has 2 aromatic heterocycles. The number of hydrazine groups is 1. The number of nitrogens with two attached hydrogens (primary N) is 1. The summed E-state index contributed by atoms with van der Waals surface area (Å²) in [5.74, 6) is 1.09. The lowest BCUT2D eigenvalue weighted by molar-refractivity contribution is 0.0962. The molecule has 0 unspecified atom stereocenters. The smallest absolute Gasteiger partial charge is 0.269 e. The molecule has 3 aromatic rings. The van der Waals surface area contributed by atoms with Crippen LogP contribution in [0.15, 0.2) is 49.3 Å². The molecular weight excluding hydrogens is 310 g/mol. The molecule has 4 N–H and O–H groups in total. The second-order valence-electron chi connectivity index (χ2n) is 4.74. The second-order valence-corrected chi connectivity index (χ2v) is 4.74. The van der Waals surface area contributed by atoms with Gasteiger partial charge in [-0.05, 0) is 24.3 Å². The Morgan fingerprint density at radius 2 is 2.04 bits per heavy atom. The molecule has 0 saturated carbocycles. The van der Waals surface area contributed by atoms with Crippen molar-refractivity contribution in [2.45, 2.75) is 0 Å². The number of carbonyl (C=O) groups excluding carboxylic acids is 1. The first-order chi connectivity index (χ1) is 11.7. The third-order valence-corrected chi connectivity index (χ3v) is 3.26. The van der Waals surface area contributed by atoms with Crippen LogP contribution in [-0.4, -0.2) is 32.5 Å². The number of carbonyl (C=O) groups is 1. The highest BCUT2D eigenvalue weighted by Gasteiger charge is 2.11. The molecule has 0 atom stereocenters. The van der Waals surface area contributed by atoms with Crippen LogP contribution in [0, 0.1) is 0 Å². The fourth-order valence-corrected chi connectivity index (χ4v) is 2.01. The van der Waals surface area contributed by atoms with Crippen molar-refractivity contribution in [3.63, 3.8) is 0 Å². The van der Waals surface area contributed by atoms with Crippen molar-refractivity contribution < 1.29 is 9.53 Å². The average molecular weight is 325 g/mol. The van der Waals surface area contributed by atoms with Gasteiger partial charge < -0.3 is 10.5 Å². The molecule has 0 aliphatic heterocycles. The molecule has 0 spiro atoms. The summed E-state index contributed by atoms with van der Waals surface area (Å²) in [5.41, 5.74) is 12.0. The zero-order chi connectivity index (χ0) is 16.9. The van der Waals surface area contributed by atoms with Crippen LogP contribution in [0.25, 0.3) is 5.82 Å². The number of rotatable bonds is 5. The standard InChI is InChI=1S/C15H15N7O2/c1-24-11-4-2-10(3-5-11)15(23)21-20-13-12(16)14(19-8-18-13)22-7-6-17-9-22/h2-9H,16H2,1H3,(H,21,23)(H,18,19,20). The van der Waals surface area contributed by atoms with Gasteiger partial charge in [-0.1, -0.05) is 0 Å². The molecule has 122 valence electrons. The predicted octanol–water partition coefficient (Wildman–Crippen LogP) is 1.01. The van der Waals surface area contributed by atoms with E-state index in [1.807, 2.05) is 0 Å². The van der Waals surface area contributed by atoms with Crippen LogP contribution in [0.3, 0.4) is 0 Å². The minimum Gasteiger partial charge on any atom is -0.497 e. The van der Waals surface area contributed by atoms with E-state index in [9.17, 15) is 4.79 Å². The van der Waals surface area contributed by atoms with Gasteiger partial charge >= 0.3 is 0 Å². The monoisotopic (exact) mass is 325 g/mol. The van der Waals surface area contributed by atoms with Crippen molar-refractivity contribution in [2.24, 2.45) is 0 Å². The lowest BCUT2D eigenvalue weighted by Crippen LogP contribution is -2.30. The van der Waals surface area contributed by atoms with Crippen LogP contribution >= 0.6 is 0 Å². The summed E-state index contributed by atoms with van der Waals surface area (Å²) >= 11 is 0. The molecule has 1 aromatic carbocycles. The van der Waals surface area contributed by atoms with Crippen molar-refractivity contribution in [1.82, 2.24) is 24.9 Å². The number of imidazole rings is 1. The Bertz CT molecular complexity index is 832. The molecule has 0 fully saturated rings. The number of methoxy groups -OCH3 is 1. The number of benzene rings is 1. The van der Waals surface area contributed by atoms with Crippen molar-refractivity contribution in [2.75, 3.05) is 18.3 Å². The van der Waals surface area contributed by atoms with Crippen LogP contribution in [0.2, 0.25) is 0 Å². The van der Waals surface area contributed by atoms with E-state index in [1.165, 1.54) is 6.33 Å². The summed E-state index contributed by atoms with van der Waals surface area (Å²) in [5, 5.41) is 0. The third-order valence-electron chi connectivity index (χ3n) is 3.26. The highest BCUT2D eigenvalue weighted by Crippen LogP contribution is 2.20. The van der Waals surface area contributed by atoms with Gasteiger partial charge in [-0.2, -0.15) is 0 Å². The van der Waals surface area contributed by atoms with E-state index >= 15 is 0 Å². The Morgan fingerprint density at radius 3 is 2.71 bits per heavy atom. The van der Waals surface area contributed by atoms with E-state index in [0.29, 0.717) is 17.1 Å². The van der Waals surface area contributed by atoms with Gasteiger partial charge in [0.05, 0.1) is 7.11 Å². The Balaban J connectivity index is 1.72. The largest absolute Gasteiger partial charge is 0.497 e. The van der Waals surface area contributed by atoms with Gasteiger partial charge in [0.2, 0.25) is 0 Å². The minimum absolute atomic E-state index is 0.283. The molecule has 0 saturated heterocycles. The van der Waals surface area contributed by atoms with E-state index in [2.05, 4.69) is 25.8 Å². The van der Waals surface area contributed by atoms with Gasteiger partial charge in [-0.3, -0.25) is 20.2 Å². The number of nitrogen functional groups attached to an aromatic ring is 1. The minimum atomic E-state index is -0.333. The first-order valence-electron chi connectivity index (χ1n) is 6.98. The topological polar surface area (TPSA) is 120 Å². The summed E-state index contributed by atoms with van der Waals surface area (Å²) in [4.78, 5) is 24.2. The molecule has 0 aliphatic carbocycles. The summed E-state index contributed by atoms with van der Waals surface area (Å²) in [6.07, 6.45) is 6.23. The average Bonchev–Trinajstić information content (AvgIpc) is 3.15. The molecule has 3 rings (SSSR count). The fraction of sp³-hybridized carbons (Fsp3) is 0.0667. The molecule has 9 heteroatoms. The van der Waals surface area contributed by atoms with Gasteiger partial charge in [0.1, 0.15) is 24.1 Å². The fourth-order valence-electron chi connectivity index (χ4n) is 2.01. The zero-order valence-corrected chi connectivity index (χ0v) is 12.8. The molecule has 1 amide bonds. The number of hydrogen-bond acceptors (Lipinski definition) is 7. The highest BCUT2D eigenvalue weighted by atomic mass is 16.5. The first kappa shape index (κ1) is 15.3. The van der Waals surface area contributed by atoms with Crippen molar-refractivity contribution >= 4 is 17.4 Å². The maximum atomic E-state index is 12.1. The number of ether oxygens (including phenoxy) is 1. The molecule has 0 aliphatic rings. The van der Waals surface area contributed by atoms with E-state index < -0.39 is 0 Å². The summed E-state index contributed by atoms with van der Waals surface area (Å²) < 4.78 is 6.70. The number of anilines is 2. The van der Waals surface area contributed by atoms with Gasteiger partial charge in [-0.15, -0.1) is 0 Å². The maximum Gasteiger partial charge on any atom is 0.269 e. The molecular formula is C15H15N7O2. The Kier molecular flexibility index (Phi) is 4.23. The van der Waals surface area contributed by atoms with Gasteiger partial charge in [0, 0.05) is 18.0 Å². The summed E-state index contributed by atoms with van der Waals surface area (Å²) in [6, 6.07) is 6.70. The van der Waals surface area contributed by atoms with E-state index in [-0.39, 0.29) is 17.4 Å². The molecule has 0 radical (unpaired) electrons. The number of nitrogens with one attached hydrogen (secondary N) is 2. The first-order valence-corrected chi connectivity index (χ1v) is 6.98. The number of hydrogen-bond donors (Lipinski definition) is 3. The van der Waals surface area contributed by atoms with Crippen LogP contribution in [0.1, 0.15) is 10.4 Å².